The number of nitrogens with zero attached hydrogens (tertiary/aromatic N) is 2. The van der Waals surface area contributed by atoms with Gasteiger partial charge in [0.25, 0.3) is 0 Å². The van der Waals surface area contributed by atoms with Crippen LogP contribution in [-0.4, -0.2) is 25.0 Å². The van der Waals surface area contributed by atoms with Gasteiger partial charge in [-0.25, -0.2) is 9.98 Å². The van der Waals surface area contributed by atoms with Crippen LogP contribution in [0.15, 0.2) is 58.5 Å². The summed E-state index contributed by atoms with van der Waals surface area (Å²) in [4.78, 5) is 9.72. The molecule has 2 aliphatic heterocycles. The van der Waals surface area contributed by atoms with Gasteiger partial charge >= 0.3 is 0 Å². The normalized spacial score (nSPS) is 22.1. The smallest absolute Gasteiger partial charge is 0.199 e. The number of hydrogen-bond donors (Lipinski definition) is 0. The summed E-state index contributed by atoms with van der Waals surface area (Å²) in [6, 6.07) is 17.0. The number of rotatable bonds is 4. The first-order chi connectivity index (χ1) is 12.9. The third kappa shape index (κ3) is 3.48. The first-order valence-corrected chi connectivity index (χ1v) is 9.49. The highest BCUT2D eigenvalue weighted by atomic mass is 16.5. The molecule has 4 heteroatoms. The predicted molar refractivity (Wildman–Crippen MR) is 108 cm³/mol. The fourth-order valence-corrected chi connectivity index (χ4v) is 3.62. The largest absolute Gasteiger partial charge is 0.478 e. The van der Waals surface area contributed by atoms with Gasteiger partial charge in [0.1, 0.15) is 30.7 Å². The van der Waals surface area contributed by atoms with Crippen molar-refractivity contribution in [1.29, 1.82) is 0 Å². The number of aryl methyl sites for hydroxylation is 2. The van der Waals surface area contributed by atoms with Gasteiger partial charge in [-0.15, -0.1) is 0 Å². The second-order valence-corrected chi connectivity index (χ2v) is 7.98. The van der Waals surface area contributed by atoms with Gasteiger partial charge in [-0.2, -0.15) is 0 Å². The minimum absolute atomic E-state index is 0.0359. The van der Waals surface area contributed by atoms with E-state index in [2.05, 4.69) is 76.2 Å². The van der Waals surface area contributed by atoms with Gasteiger partial charge in [0.05, 0.1) is 0 Å². The third-order valence-electron chi connectivity index (χ3n) is 5.23. The summed E-state index contributed by atoms with van der Waals surface area (Å²) in [5, 5.41) is 0. The summed E-state index contributed by atoms with van der Waals surface area (Å²) in [5.74, 6) is 1.41. The van der Waals surface area contributed by atoms with Gasteiger partial charge in [0.15, 0.2) is 11.8 Å². The second kappa shape index (κ2) is 6.84. The Balaban J connectivity index is 1.56. The molecule has 0 spiro atoms. The molecule has 2 aromatic carbocycles. The quantitative estimate of drug-likeness (QED) is 0.771. The Labute approximate surface area is 161 Å². The molecular formula is C23H26N2O2. The van der Waals surface area contributed by atoms with Crippen LogP contribution in [0.5, 0.6) is 0 Å². The van der Waals surface area contributed by atoms with Crippen molar-refractivity contribution in [3.63, 3.8) is 0 Å². The van der Waals surface area contributed by atoms with Gasteiger partial charge in [0, 0.05) is 0 Å². The number of hydrogen-bond acceptors (Lipinski definition) is 4. The number of benzene rings is 2. The molecule has 0 radical (unpaired) electrons. The van der Waals surface area contributed by atoms with Gasteiger partial charge in [-0.3, -0.25) is 0 Å². The van der Waals surface area contributed by atoms with Crippen LogP contribution >= 0.6 is 0 Å². The van der Waals surface area contributed by atoms with E-state index in [4.69, 9.17) is 19.5 Å². The highest BCUT2D eigenvalue weighted by molar-refractivity contribution is 6.05. The molecule has 2 aromatic rings. The van der Waals surface area contributed by atoms with Crippen LogP contribution in [0, 0.1) is 19.3 Å². The Kier molecular flexibility index (Phi) is 4.50. The molecule has 0 N–H and O–H groups in total. The van der Waals surface area contributed by atoms with E-state index in [1.165, 1.54) is 22.3 Å². The topological polar surface area (TPSA) is 43.2 Å². The maximum absolute atomic E-state index is 5.99. The summed E-state index contributed by atoms with van der Waals surface area (Å²) in [7, 11) is 0. The van der Waals surface area contributed by atoms with Crippen LogP contribution in [-0.2, 0) is 9.47 Å². The molecule has 0 amide bonds. The van der Waals surface area contributed by atoms with Crippen molar-refractivity contribution in [1.82, 2.24) is 0 Å². The molecule has 0 aliphatic carbocycles. The SMILES string of the molecule is Cc1cccc(C2COC(C(C)(C)C3=NC(c4cccc(C)c4)CO3)=N2)c1. The summed E-state index contributed by atoms with van der Waals surface area (Å²) >= 11 is 0. The summed E-state index contributed by atoms with van der Waals surface area (Å²) < 4.78 is 12.0. The summed E-state index contributed by atoms with van der Waals surface area (Å²) in [6.45, 7) is 9.47. The summed E-state index contributed by atoms with van der Waals surface area (Å²) in [5.41, 5.74) is 4.37. The Bertz CT molecular complexity index is 841. The maximum Gasteiger partial charge on any atom is 0.199 e. The standard InChI is InChI=1S/C23H26N2O2/c1-15-7-5-9-17(11-15)19-13-26-21(24-19)23(3,4)22-25-20(14-27-22)18-10-6-8-16(2)12-18/h5-12,19-20H,13-14H2,1-4H3. The van der Waals surface area contributed by atoms with Crippen molar-refractivity contribution in [2.75, 3.05) is 13.2 Å². The zero-order chi connectivity index (χ0) is 19.0. The molecule has 0 bridgehead atoms. The highest BCUT2D eigenvalue weighted by Gasteiger charge is 2.41. The lowest BCUT2D eigenvalue weighted by Crippen LogP contribution is -2.34. The first kappa shape index (κ1) is 17.8. The lowest BCUT2D eigenvalue weighted by molar-refractivity contribution is 0.265. The monoisotopic (exact) mass is 362 g/mol. The Morgan fingerprint density at radius 2 is 1.22 bits per heavy atom. The average molecular weight is 362 g/mol. The molecule has 0 aromatic heterocycles. The van der Waals surface area contributed by atoms with Crippen molar-refractivity contribution < 1.29 is 9.47 Å². The van der Waals surface area contributed by atoms with Gasteiger partial charge in [0.2, 0.25) is 0 Å². The zero-order valence-corrected chi connectivity index (χ0v) is 16.4. The zero-order valence-electron chi connectivity index (χ0n) is 16.4. The molecule has 2 heterocycles. The van der Waals surface area contributed by atoms with Crippen LogP contribution in [0.1, 0.15) is 48.2 Å². The first-order valence-electron chi connectivity index (χ1n) is 9.49. The lowest BCUT2D eigenvalue weighted by Gasteiger charge is -2.22. The molecule has 2 aliphatic rings. The Morgan fingerprint density at radius 1 is 0.778 bits per heavy atom. The van der Waals surface area contributed by atoms with Crippen LogP contribution in [0.2, 0.25) is 0 Å². The van der Waals surface area contributed by atoms with Crippen molar-refractivity contribution in [3.05, 3.63) is 70.8 Å². The van der Waals surface area contributed by atoms with Crippen LogP contribution < -0.4 is 0 Å². The molecule has 4 nitrogen and oxygen atoms in total. The van der Waals surface area contributed by atoms with Gasteiger partial charge < -0.3 is 9.47 Å². The fraction of sp³-hybridized carbons (Fsp3) is 0.391. The molecule has 0 fully saturated rings. The van der Waals surface area contributed by atoms with E-state index >= 15 is 0 Å². The van der Waals surface area contributed by atoms with E-state index in [-0.39, 0.29) is 12.1 Å². The van der Waals surface area contributed by atoms with E-state index in [0.717, 1.165) is 0 Å². The van der Waals surface area contributed by atoms with E-state index in [9.17, 15) is 0 Å². The van der Waals surface area contributed by atoms with E-state index < -0.39 is 5.41 Å². The molecule has 0 saturated heterocycles. The van der Waals surface area contributed by atoms with Crippen molar-refractivity contribution in [3.8, 4) is 0 Å². The van der Waals surface area contributed by atoms with Crippen LogP contribution in [0.3, 0.4) is 0 Å². The molecule has 0 saturated carbocycles. The predicted octanol–water partition coefficient (Wildman–Crippen LogP) is 4.97. The molecule has 2 atom stereocenters. The lowest BCUT2D eigenvalue weighted by atomic mass is 9.93. The van der Waals surface area contributed by atoms with Crippen molar-refractivity contribution in [2.24, 2.45) is 15.4 Å². The minimum Gasteiger partial charge on any atom is -0.478 e. The van der Waals surface area contributed by atoms with E-state index in [1.54, 1.807) is 0 Å². The van der Waals surface area contributed by atoms with E-state index in [0.29, 0.717) is 25.0 Å². The maximum atomic E-state index is 5.99. The Morgan fingerprint density at radius 3 is 1.63 bits per heavy atom. The molecule has 2 unspecified atom stereocenters. The second-order valence-electron chi connectivity index (χ2n) is 7.98. The Hall–Kier alpha value is -2.62. The van der Waals surface area contributed by atoms with Crippen LogP contribution in [0.25, 0.3) is 0 Å². The van der Waals surface area contributed by atoms with Gasteiger partial charge in [-0.1, -0.05) is 59.7 Å². The molecule has 27 heavy (non-hydrogen) atoms. The highest BCUT2D eigenvalue weighted by Crippen LogP contribution is 2.35. The third-order valence-corrected chi connectivity index (χ3v) is 5.23. The number of ether oxygens (including phenoxy) is 2. The van der Waals surface area contributed by atoms with Gasteiger partial charge in [-0.05, 0) is 38.8 Å². The molecule has 140 valence electrons. The van der Waals surface area contributed by atoms with Crippen LogP contribution in [0.4, 0.5) is 0 Å². The minimum atomic E-state index is -0.475. The average Bonchev–Trinajstić information content (AvgIpc) is 3.32. The fourth-order valence-electron chi connectivity index (χ4n) is 3.62. The number of aliphatic imine (C=N–C) groups is 2. The van der Waals surface area contributed by atoms with Crippen molar-refractivity contribution in [2.45, 2.75) is 39.8 Å². The molecule has 4 rings (SSSR count). The summed E-state index contributed by atoms with van der Waals surface area (Å²) in [6.07, 6.45) is 0. The van der Waals surface area contributed by atoms with Crippen molar-refractivity contribution >= 4 is 11.8 Å². The molecular weight excluding hydrogens is 336 g/mol. The van der Waals surface area contributed by atoms with E-state index in [1.807, 2.05) is 0 Å².